The first-order chi connectivity index (χ1) is 13.1. The standard InChI is InChI=1S/C19H24N4O4/c1-5-13(11-24)21-17-6-7-18-20-10-14(23(18)22-17)12-8-15(25-2)19(27-4)16(9-12)26-3/h6-10,13,24H,5,11H2,1-4H3,(H,21,22). The van der Waals surface area contributed by atoms with Crippen molar-refractivity contribution in [3.05, 3.63) is 30.5 Å². The number of rotatable bonds is 8. The molecule has 0 spiro atoms. The van der Waals surface area contributed by atoms with Crippen LogP contribution in [0.3, 0.4) is 0 Å². The minimum absolute atomic E-state index is 0.0415. The lowest BCUT2D eigenvalue weighted by molar-refractivity contribution is 0.271. The number of imidazole rings is 1. The van der Waals surface area contributed by atoms with Gasteiger partial charge in [-0.05, 0) is 30.7 Å². The van der Waals surface area contributed by atoms with E-state index in [9.17, 15) is 5.11 Å². The van der Waals surface area contributed by atoms with Gasteiger partial charge in [0.25, 0.3) is 0 Å². The lowest BCUT2D eigenvalue weighted by Crippen LogP contribution is -2.23. The second-order valence-electron chi connectivity index (χ2n) is 5.98. The normalized spacial score (nSPS) is 12.0. The van der Waals surface area contributed by atoms with E-state index in [0.29, 0.717) is 28.7 Å². The molecule has 0 fully saturated rings. The number of fused-ring (bicyclic) bond motifs is 1. The summed E-state index contributed by atoms with van der Waals surface area (Å²) in [5.41, 5.74) is 2.32. The number of anilines is 1. The molecule has 0 aliphatic rings. The molecule has 3 aromatic rings. The maximum absolute atomic E-state index is 9.41. The van der Waals surface area contributed by atoms with Crippen LogP contribution in [-0.2, 0) is 0 Å². The van der Waals surface area contributed by atoms with Crippen LogP contribution in [0.5, 0.6) is 17.2 Å². The molecule has 1 unspecified atom stereocenters. The van der Waals surface area contributed by atoms with E-state index in [0.717, 1.165) is 17.7 Å². The van der Waals surface area contributed by atoms with Crippen LogP contribution >= 0.6 is 0 Å². The van der Waals surface area contributed by atoms with E-state index in [1.54, 1.807) is 32.0 Å². The topological polar surface area (TPSA) is 90.1 Å². The number of ether oxygens (including phenoxy) is 3. The fourth-order valence-electron chi connectivity index (χ4n) is 2.86. The van der Waals surface area contributed by atoms with Crippen molar-refractivity contribution in [1.82, 2.24) is 14.6 Å². The van der Waals surface area contributed by atoms with Gasteiger partial charge in [0, 0.05) is 5.56 Å². The van der Waals surface area contributed by atoms with Gasteiger partial charge in [-0.25, -0.2) is 9.50 Å². The Bertz CT molecular complexity index is 896. The molecule has 1 atom stereocenters. The Balaban J connectivity index is 2.09. The molecule has 2 heterocycles. The molecule has 0 amide bonds. The monoisotopic (exact) mass is 372 g/mol. The number of aliphatic hydroxyl groups is 1. The molecule has 1 aromatic carbocycles. The van der Waals surface area contributed by atoms with Gasteiger partial charge in [-0.3, -0.25) is 0 Å². The lowest BCUT2D eigenvalue weighted by Gasteiger charge is -2.15. The maximum Gasteiger partial charge on any atom is 0.203 e. The zero-order valence-corrected chi connectivity index (χ0v) is 15.9. The predicted octanol–water partition coefficient (Wildman–Crippen LogP) is 2.60. The first kappa shape index (κ1) is 18.8. The molecule has 2 aromatic heterocycles. The van der Waals surface area contributed by atoms with E-state index < -0.39 is 0 Å². The third-order valence-corrected chi connectivity index (χ3v) is 4.39. The van der Waals surface area contributed by atoms with Crippen molar-refractivity contribution in [1.29, 1.82) is 0 Å². The van der Waals surface area contributed by atoms with Crippen LogP contribution < -0.4 is 19.5 Å². The average Bonchev–Trinajstić information content (AvgIpc) is 3.13. The summed E-state index contributed by atoms with van der Waals surface area (Å²) < 4.78 is 18.0. The van der Waals surface area contributed by atoms with Gasteiger partial charge in [0.05, 0.1) is 45.9 Å². The van der Waals surface area contributed by atoms with E-state index in [-0.39, 0.29) is 12.6 Å². The Morgan fingerprint density at radius 1 is 1.11 bits per heavy atom. The Labute approximate surface area is 157 Å². The van der Waals surface area contributed by atoms with Crippen LogP contribution in [0, 0.1) is 0 Å². The molecular weight excluding hydrogens is 348 g/mol. The summed E-state index contributed by atoms with van der Waals surface area (Å²) in [6.07, 6.45) is 2.54. The third-order valence-electron chi connectivity index (χ3n) is 4.39. The van der Waals surface area contributed by atoms with Crippen LogP contribution in [0.15, 0.2) is 30.5 Å². The third kappa shape index (κ3) is 3.61. The Hall–Kier alpha value is -3.00. The van der Waals surface area contributed by atoms with Gasteiger partial charge < -0.3 is 24.6 Å². The summed E-state index contributed by atoms with van der Waals surface area (Å²) in [7, 11) is 4.73. The van der Waals surface area contributed by atoms with E-state index in [4.69, 9.17) is 14.2 Å². The van der Waals surface area contributed by atoms with Crippen molar-refractivity contribution in [3.8, 4) is 28.5 Å². The Kier molecular flexibility index (Phi) is 5.66. The molecule has 8 nitrogen and oxygen atoms in total. The van der Waals surface area contributed by atoms with Crippen molar-refractivity contribution in [3.63, 3.8) is 0 Å². The second-order valence-corrected chi connectivity index (χ2v) is 5.98. The number of aliphatic hydroxyl groups excluding tert-OH is 1. The molecule has 144 valence electrons. The summed E-state index contributed by atoms with van der Waals surface area (Å²) in [6, 6.07) is 7.38. The maximum atomic E-state index is 9.41. The van der Waals surface area contributed by atoms with Crippen LogP contribution in [-0.4, -0.2) is 53.7 Å². The van der Waals surface area contributed by atoms with Gasteiger partial charge >= 0.3 is 0 Å². The SMILES string of the molecule is CCC(CO)Nc1ccc2ncc(-c3cc(OC)c(OC)c(OC)c3)n2n1. The summed E-state index contributed by atoms with van der Waals surface area (Å²) in [4.78, 5) is 4.42. The van der Waals surface area contributed by atoms with Crippen LogP contribution in [0.25, 0.3) is 16.9 Å². The summed E-state index contributed by atoms with van der Waals surface area (Å²) >= 11 is 0. The smallest absolute Gasteiger partial charge is 0.203 e. The van der Waals surface area contributed by atoms with E-state index in [2.05, 4.69) is 15.4 Å². The average molecular weight is 372 g/mol. The molecule has 0 saturated carbocycles. The van der Waals surface area contributed by atoms with Gasteiger partial charge in [0.15, 0.2) is 17.1 Å². The van der Waals surface area contributed by atoms with Gasteiger partial charge in [-0.1, -0.05) is 6.92 Å². The minimum atomic E-state index is -0.0527. The number of aromatic nitrogens is 3. The summed E-state index contributed by atoms with van der Waals surface area (Å²) in [6.45, 7) is 2.05. The molecule has 0 bridgehead atoms. The van der Waals surface area contributed by atoms with Crippen molar-refractivity contribution >= 4 is 11.5 Å². The molecular formula is C19H24N4O4. The highest BCUT2D eigenvalue weighted by atomic mass is 16.5. The summed E-state index contributed by atoms with van der Waals surface area (Å²) in [5.74, 6) is 2.31. The largest absolute Gasteiger partial charge is 0.493 e. The highest BCUT2D eigenvalue weighted by Crippen LogP contribution is 2.41. The molecule has 0 radical (unpaired) electrons. The fourth-order valence-corrected chi connectivity index (χ4v) is 2.86. The quantitative estimate of drug-likeness (QED) is 0.628. The number of nitrogens with one attached hydrogen (secondary N) is 1. The molecule has 0 aliphatic heterocycles. The second kappa shape index (κ2) is 8.13. The molecule has 8 heteroatoms. The fraction of sp³-hybridized carbons (Fsp3) is 0.368. The van der Waals surface area contributed by atoms with E-state index in [1.807, 2.05) is 31.2 Å². The first-order valence-electron chi connectivity index (χ1n) is 8.67. The van der Waals surface area contributed by atoms with Gasteiger partial charge in [0.2, 0.25) is 5.75 Å². The Morgan fingerprint density at radius 3 is 2.37 bits per heavy atom. The van der Waals surface area contributed by atoms with E-state index in [1.165, 1.54) is 0 Å². The van der Waals surface area contributed by atoms with Crippen LogP contribution in [0.2, 0.25) is 0 Å². The van der Waals surface area contributed by atoms with Gasteiger partial charge in [0.1, 0.15) is 5.82 Å². The van der Waals surface area contributed by atoms with Crippen molar-refractivity contribution in [2.24, 2.45) is 0 Å². The van der Waals surface area contributed by atoms with Crippen LogP contribution in [0.1, 0.15) is 13.3 Å². The summed E-state index contributed by atoms with van der Waals surface area (Å²) in [5, 5.41) is 17.3. The molecule has 3 rings (SSSR count). The number of nitrogens with zero attached hydrogens (tertiary/aromatic N) is 3. The predicted molar refractivity (Wildman–Crippen MR) is 103 cm³/mol. The number of methoxy groups -OCH3 is 3. The Morgan fingerprint density at radius 2 is 1.81 bits per heavy atom. The molecule has 27 heavy (non-hydrogen) atoms. The van der Waals surface area contributed by atoms with E-state index >= 15 is 0 Å². The van der Waals surface area contributed by atoms with Crippen molar-refractivity contribution < 1.29 is 19.3 Å². The zero-order chi connectivity index (χ0) is 19.4. The molecule has 0 saturated heterocycles. The van der Waals surface area contributed by atoms with Crippen molar-refractivity contribution in [2.75, 3.05) is 33.3 Å². The molecule has 2 N–H and O–H groups in total. The lowest BCUT2D eigenvalue weighted by atomic mass is 10.1. The van der Waals surface area contributed by atoms with Gasteiger partial charge in [-0.15, -0.1) is 5.10 Å². The van der Waals surface area contributed by atoms with Crippen molar-refractivity contribution in [2.45, 2.75) is 19.4 Å². The number of hydrogen-bond acceptors (Lipinski definition) is 7. The number of hydrogen-bond donors (Lipinski definition) is 2. The zero-order valence-electron chi connectivity index (χ0n) is 15.9. The molecule has 0 aliphatic carbocycles. The highest BCUT2D eigenvalue weighted by Gasteiger charge is 2.17. The van der Waals surface area contributed by atoms with Gasteiger partial charge in [-0.2, -0.15) is 0 Å². The van der Waals surface area contributed by atoms with Crippen LogP contribution in [0.4, 0.5) is 5.82 Å². The first-order valence-corrected chi connectivity index (χ1v) is 8.67. The minimum Gasteiger partial charge on any atom is -0.493 e. The number of benzene rings is 1. The highest BCUT2D eigenvalue weighted by molar-refractivity contribution is 5.70.